The Labute approximate surface area is 127 Å². The third kappa shape index (κ3) is 3.46. The van der Waals surface area contributed by atoms with Gasteiger partial charge in [-0.15, -0.1) is 0 Å². The highest BCUT2D eigenvalue weighted by molar-refractivity contribution is 5.45. The fourth-order valence-corrected chi connectivity index (χ4v) is 2.61. The van der Waals surface area contributed by atoms with Gasteiger partial charge in [-0.2, -0.15) is 5.10 Å². The minimum atomic E-state index is 0.313. The molecule has 2 aromatic rings. The van der Waals surface area contributed by atoms with Crippen LogP contribution in [0.2, 0.25) is 0 Å². The molecule has 1 heterocycles. The van der Waals surface area contributed by atoms with E-state index in [9.17, 15) is 5.11 Å². The van der Waals surface area contributed by atoms with Crippen LogP contribution in [0.25, 0.3) is 5.69 Å². The Morgan fingerprint density at radius 3 is 2.57 bits per heavy atom. The summed E-state index contributed by atoms with van der Waals surface area (Å²) in [4.78, 5) is 0. The second-order valence-electron chi connectivity index (χ2n) is 6.15. The predicted octanol–water partition coefficient (Wildman–Crippen LogP) is 4.43. The van der Waals surface area contributed by atoms with Crippen LogP contribution < -0.4 is 0 Å². The second-order valence-corrected chi connectivity index (χ2v) is 6.15. The van der Waals surface area contributed by atoms with Crippen molar-refractivity contribution in [2.75, 3.05) is 0 Å². The molecule has 1 aromatic carbocycles. The molecule has 0 saturated heterocycles. The van der Waals surface area contributed by atoms with Crippen molar-refractivity contribution in [1.82, 2.24) is 9.78 Å². The fraction of sp³-hybridized carbons (Fsp3) is 0.500. The molecule has 1 aromatic heterocycles. The van der Waals surface area contributed by atoms with Crippen LogP contribution in [0.4, 0.5) is 0 Å². The van der Waals surface area contributed by atoms with Gasteiger partial charge in [0.2, 0.25) is 5.88 Å². The van der Waals surface area contributed by atoms with Gasteiger partial charge in [0, 0.05) is 5.56 Å². The van der Waals surface area contributed by atoms with Gasteiger partial charge in [-0.3, -0.25) is 0 Å². The van der Waals surface area contributed by atoms with Crippen LogP contribution in [0.15, 0.2) is 24.3 Å². The zero-order valence-corrected chi connectivity index (χ0v) is 13.6. The van der Waals surface area contributed by atoms with Crippen molar-refractivity contribution in [3.05, 3.63) is 41.1 Å². The normalized spacial score (nSPS) is 11.3. The average molecular weight is 286 g/mol. The molecule has 3 heteroatoms. The van der Waals surface area contributed by atoms with E-state index in [1.807, 2.05) is 31.2 Å². The standard InChI is InChI=1S/C18H26N2O/c1-5-6-10-15-16(12-13(2)3)19-20(18(15)21)17-11-8-7-9-14(17)4/h7-9,11,13,21H,5-6,10,12H2,1-4H3. The van der Waals surface area contributed by atoms with Gasteiger partial charge >= 0.3 is 0 Å². The zero-order chi connectivity index (χ0) is 15.4. The maximum atomic E-state index is 10.6. The van der Waals surface area contributed by atoms with E-state index in [4.69, 9.17) is 5.10 Å². The lowest BCUT2D eigenvalue weighted by Crippen LogP contribution is -2.01. The van der Waals surface area contributed by atoms with E-state index < -0.39 is 0 Å². The molecule has 0 fully saturated rings. The Kier molecular flexibility index (Phi) is 5.05. The Bertz CT molecular complexity index is 599. The van der Waals surface area contributed by atoms with Crippen molar-refractivity contribution in [3.8, 4) is 11.6 Å². The Balaban J connectivity index is 2.47. The molecule has 1 N–H and O–H groups in total. The van der Waals surface area contributed by atoms with E-state index in [2.05, 4.69) is 20.8 Å². The highest BCUT2D eigenvalue weighted by atomic mass is 16.3. The van der Waals surface area contributed by atoms with E-state index in [1.165, 1.54) is 0 Å². The van der Waals surface area contributed by atoms with Crippen LogP contribution in [0.5, 0.6) is 5.88 Å². The summed E-state index contributed by atoms with van der Waals surface area (Å²) in [6.07, 6.45) is 4.01. The van der Waals surface area contributed by atoms with Crippen molar-refractivity contribution in [2.45, 2.75) is 53.4 Å². The molecule has 114 valence electrons. The summed E-state index contributed by atoms with van der Waals surface area (Å²) >= 11 is 0. The van der Waals surface area contributed by atoms with E-state index in [-0.39, 0.29) is 0 Å². The average Bonchev–Trinajstić information content (AvgIpc) is 2.73. The molecular formula is C18H26N2O. The van der Waals surface area contributed by atoms with E-state index in [1.54, 1.807) is 4.68 Å². The maximum absolute atomic E-state index is 10.6. The first-order chi connectivity index (χ1) is 10.0. The van der Waals surface area contributed by atoms with Crippen molar-refractivity contribution in [2.24, 2.45) is 5.92 Å². The third-order valence-corrected chi connectivity index (χ3v) is 3.77. The van der Waals surface area contributed by atoms with Gasteiger partial charge in [0.25, 0.3) is 0 Å². The maximum Gasteiger partial charge on any atom is 0.217 e. The van der Waals surface area contributed by atoms with Crippen molar-refractivity contribution >= 4 is 0 Å². The molecule has 0 atom stereocenters. The first kappa shape index (κ1) is 15.6. The van der Waals surface area contributed by atoms with E-state index >= 15 is 0 Å². The second kappa shape index (κ2) is 6.79. The summed E-state index contributed by atoms with van der Waals surface area (Å²) in [5.74, 6) is 0.846. The number of aromatic nitrogens is 2. The third-order valence-electron chi connectivity index (χ3n) is 3.77. The predicted molar refractivity (Wildman–Crippen MR) is 87.1 cm³/mol. The van der Waals surface area contributed by atoms with Gasteiger partial charge in [-0.1, -0.05) is 45.4 Å². The lowest BCUT2D eigenvalue weighted by atomic mass is 10.0. The number of unbranched alkanes of at least 4 members (excludes halogenated alkanes) is 1. The Hall–Kier alpha value is -1.77. The minimum absolute atomic E-state index is 0.313. The minimum Gasteiger partial charge on any atom is -0.493 e. The zero-order valence-electron chi connectivity index (χ0n) is 13.6. The summed E-state index contributed by atoms with van der Waals surface area (Å²) < 4.78 is 1.71. The molecule has 0 aliphatic carbocycles. The van der Waals surface area contributed by atoms with E-state index in [0.717, 1.165) is 48.2 Å². The molecular weight excluding hydrogens is 260 g/mol. The molecule has 0 saturated carbocycles. The summed E-state index contributed by atoms with van der Waals surface area (Å²) in [6, 6.07) is 8.04. The molecule has 0 aliphatic rings. The largest absolute Gasteiger partial charge is 0.493 e. The first-order valence-corrected chi connectivity index (χ1v) is 7.90. The van der Waals surface area contributed by atoms with Crippen molar-refractivity contribution in [1.29, 1.82) is 0 Å². The molecule has 0 radical (unpaired) electrons. The number of aromatic hydroxyl groups is 1. The summed E-state index contributed by atoms with van der Waals surface area (Å²) in [6.45, 7) is 8.59. The highest BCUT2D eigenvalue weighted by Crippen LogP contribution is 2.29. The number of hydrogen-bond acceptors (Lipinski definition) is 2. The molecule has 21 heavy (non-hydrogen) atoms. The van der Waals surface area contributed by atoms with Crippen molar-refractivity contribution in [3.63, 3.8) is 0 Å². The summed E-state index contributed by atoms with van der Waals surface area (Å²) in [5.41, 5.74) is 4.14. The topological polar surface area (TPSA) is 38.0 Å². The molecule has 0 unspecified atom stereocenters. The number of nitrogens with zero attached hydrogens (tertiary/aromatic N) is 2. The summed E-state index contributed by atoms with van der Waals surface area (Å²) in [5, 5.41) is 15.3. The van der Waals surface area contributed by atoms with Crippen LogP contribution in [-0.2, 0) is 12.8 Å². The molecule has 0 amide bonds. The van der Waals surface area contributed by atoms with Gasteiger partial charge in [0.1, 0.15) is 0 Å². The molecule has 2 rings (SSSR count). The lowest BCUT2D eigenvalue weighted by Gasteiger charge is -2.06. The molecule has 3 nitrogen and oxygen atoms in total. The Morgan fingerprint density at radius 2 is 1.95 bits per heavy atom. The number of hydrogen-bond donors (Lipinski definition) is 1. The highest BCUT2D eigenvalue weighted by Gasteiger charge is 2.19. The summed E-state index contributed by atoms with van der Waals surface area (Å²) in [7, 11) is 0. The monoisotopic (exact) mass is 286 g/mol. The van der Waals surface area contributed by atoms with Gasteiger partial charge in [0.15, 0.2) is 0 Å². The lowest BCUT2D eigenvalue weighted by molar-refractivity contribution is 0.427. The molecule has 0 spiro atoms. The van der Waals surface area contributed by atoms with Crippen LogP contribution in [0.1, 0.15) is 50.4 Å². The Morgan fingerprint density at radius 1 is 1.24 bits per heavy atom. The SMILES string of the molecule is CCCCc1c(CC(C)C)nn(-c2ccccc2C)c1O. The number of aryl methyl sites for hydroxylation is 1. The van der Waals surface area contributed by atoms with Crippen LogP contribution >= 0.6 is 0 Å². The van der Waals surface area contributed by atoms with Crippen LogP contribution in [0.3, 0.4) is 0 Å². The fourth-order valence-electron chi connectivity index (χ4n) is 2.61. The number of rotatable bonds is 6. The number of benzene rings is 1. The quantitative estimate of drug-likeness (QED) is 0.853. The van der Waals surface area contributed by atoms with Crippen LogP contribution in [-0.4, -0.2) is 14.9 Å². The smallest absolute Gasteiger partial charge is 0.217 e. The van der Waals surface area contributed by atoms with Gasteiger partial charge in [-0.25, -0.2) is 4.68 Å². The van der Waals surface area contributed by atoms with Gasteiger partial charge in [-0.05, 0) is 43.7 Å². The van der Waals surface area contributed by atoms with E-state index in [0.29, 0.717) is 11.8 Å². The van der Waals surface area contributed by atoms with Gasteiger partial charge < -0.3 is 5.11 Å². The first-order valence-electron chi connectivity index (χ1n) is 7.90. The molecule has 0 aliphatic heterocycles. The van der Waals surface area contributed by atoms with Crippen LogP contribution in [0, 0.1) is 12.8 Å². The number of para-hydroxylation sites is 1. The van der Waals surface area contributed by atoms with Crippen molar-refractivity contribution < 1.29 is 5.11 Å². The molecule has 0 bridgehead atoms. The van der Waals surface area contributed by atoms with Gasteiger partial charge in [0.05, 0.1) is 11.4 Å².